The van der Waals surface area contributed by atoms with E-state index in [0.717, 1.165) is 22.7 Å². The minimum absolute atomic E-state index is 0.197. The lowest BCUT2D eigenvalue weighted by atomic mass is 10.3. The summed E-state index contributed by atoms with van der Waals surface area (Å²) in [6.45, 7) is 5.57. The third kappa shape index (κ3) is 4.13. The van der Waals surface area contributed by atoms with E-state index in [9.17, 15) is 9.59 Å². The van der Waals surface area contributed by atoms with Gasteiger partial charge in [0.15, 0.2) is 5.76 Å². The summed E-state index contributed by atoms with van der Waals surface area (Å²) in [5.74, 6) is 0.325. The number of aryl methyl sites for hydroxylation is 3. The normalized spacial score (nSPS) is 10.8. The smallest absolute Gasteiger partial charge is 0.291 e. The van der Waals surface area contributed by atoms with Gasteiger partial charge in [-0.15, -0.1) is 11.3 Å². The van der Waals surface area contributed by atoms with Crippen LogP contribution in [0, 0.1) is 20.8 Å². The van der Waals surface area contributed by atoms with Crippen molar-refractivity contribution >= 4 is 34.0 Å². The van der Waals surface area contributed by atoms with Gasteiger partial charge in [0.2, 0.25) is 0 Å². The van der Waals surface area contributed by atoms with Crippen LogP contribution in [0.2, 0.25) is 0 Å². The van der Waals surface area contributed by atoms with Gasteiger partial charge >= 0.3 is 0 Å². The van der Waals surface area contributed by atoms with Crippen LogP contribution in [0.5, 0.6) is 0 Å². The van der Waals surface area contributed by atoms with Gasteiger partial charge in [0.1, 0.15) is 5.82 Å². The fourth-order valence-electron chi connectivity index (χ4n) is 2.83. The first kappa shape index (κ1) is 19.5. The predicted molar refractivity (Wildman–Crippen MR) is 112 cm³/mol. The number of anilines is 2. The lowest BCUT2D eigenvalue weighted by Gasteiger charge is -2.08. The molecule has 0 aliphatic rings. The van der Waals surface area contributed by atoms with Crippen LogP contribution in [-0.4, -0.2) is 31.6 Å². The first-order chi connectivity index (χ1) is 14.4. The molecular formula is C20H18N6O3S. The van der Waals surface area contributed by atoms with Crippen molar-refractivity contribution in [1.82, 2.24) is 19.7 Å². The average molecular weight is 422 g/mol. The predicted octanol–water partition coefficient (Wildman–Crippen LogP) is 3.75. The summed E-state index contributed by atoms with van der Waals surface area (Å²) in [5, 5.41) is 10.5. The SMILES string of the molecule is Cc1cc(C)nc(-n2nc(C)cc2NC(=O)c2ccc(NC(=O)c3ccco3)s2)n1. The zero-order chi connectivity index (χ0) is 21.3. The summed E-state index contributed by atoms with van der Waals surface area (Å²) in [7, 11) is 0. The Kier molecular flexibility index (Phi) is 5.15. The highest BCUT2D eigenvalue weighted by atomic mass is 32.1. The number of hydrogen-bond donors (Lipinski definition) is 2. The molecule has 10 heteroatoms. The highest BCUT2D eigenvalue weighted by Gasteiger charge is 2.17. The van der Waals surface area contributed by atoms with Gasteiger partial charge in [0, 0.05) is 17.5 Å². The highest BCUT2D eigenvalue weighted by Crippen LogP contribution is 2.24. The second-order valence-electron chi connectivity index (χ2n) is 6.58. The monoisotopic (exact) mass is 422 g/mol. The largest absolute Gasteiger partial charge is 0.459 e. The Balaban J connectivity index is 1.52. The summed E-state index contributed by atoms with van der Waals surface area (Å²) in [6.07, 6.45) is 1.42. The van der Waals surface area contributed by atoms with Crippen LogP contribution in [0.3, 0.4) is 0 Å². The Bertz CT molecular complexity index is 1210. The molecule has 0 saturated carbocycles. The number of rotatable bonds is 5. The summed E-state index contributed by atoms with van der Waals surface area (Å²) >= 11 is 1.15. The Morgan fingerprint density at radius 3 is 2.43 bits per heavy atom. The standard InChI is InChI=1S/C20H18N6O3S/c1-11-9-12(2)22-20(21-11)26-16(10-13(3)25-26)23-19(28)15-6-7-17(30-15)24-18(27)14-5-4-8-29-14/h4-10H,1-3H3,(H,23,28)(H,24,27). The summed E-state index contributed by atoms with van der Waals surface area (Å²) in [4.78, 5) is 34.1. The van der Waals surface area contributed by atoms with Gasteiger partial charge < -0.3 is 15.1 Å². The molecule has 152 valence electrons. The van der Waals surface area contributed by atoms with Crippen LogP contribution in [0.1, 0.15) is 37.3 Å². The number of carbonyl (C=O) groups excluding carboxylic acids is 2. The number of amides is 2. The van der Waals surface area contributed by atoms with Gasteiger partial charge in [0.25, 0.3) is 17.8 Å². The van der Waals surface area contributed by atoms with Crippen molar-refractivity contribution in [2.45, 2.75) is 20.8 Å². The van der Waals surface area contributed by atoms with E-state index in [2.05, 4.69) is 25.7 Å². The third-order valence-corrected chi connectivity index (χ3v) is 5.04. The second kappa shape index (κ2) is 7.91. The Morgan fingerprint density at radius 1 is 0.967 bits per heavy atom. The van der Waals surface area contributed by atoms with Crippen LogP contribution in [-0.2, 0) is 0 Å². The molecule has 0 atom stereocenters. The number of nitrogens with zero attached hydrogens (tertiary/aromatic N) is 4. The van der Waals surface area contributed by atoms with Gasteiger partial charge in [0.05, 0.1) is 21.8 Å². The Morgan fingerprint density at radius 2 is 1.73 bits per heavy atom. The molecule has 30 heavy (non-hydrogen) atoms. The molecule has 0 aliphatic heterocycles. The third-order valence-electron chi connectivity index (χ3n) is 4.04. The van der Waals surface area contributed by atoms with Gasteiger partial charge in [-0.1, -0.05) is 0 Å². The molecule has 0 fully saturated rings. The van der Waals surface area contributed by atoms with E-state index in [1.54, 1.807) is 30.3 Å². The molecule has 0 aromatic carbocycles. The van der Waals surface area contributed by atoms with Crippen molar-refractivity contribution in [3.63, 3.8) is 0 Å². The minimum atomic E-state index is -0.380. The van der Waals surface area contributed by atoms with Gasteiger partial charge in [-0.25, -0.2) is 9.97 Å². The molecule has 4 heterocycles. The molecule has 4 aromatic rings. The number of hydrogen-bond acceptors (Lipinski definition) is 7. The summed E-state index contributed by atoms with van der Waals surface area (Å²) < 4.78 is 6.57. The fourth-order valence-corrected chi connectivity index (χ4v) is 3.63. The van der Waals surface area contributed by atoms with Crippen LogP contribution >= 0.6 is 11.3 Å². The van der Waals surface area contributed by atoms with E-state index in [4.69, 9.17) is 4.42 Å². The van der Waals surface area contributed by atoms with Crippen LogP contribution in [0.25, 0.3) is 5.95 Å². The van der Waals surface area contributed by atoms with E-state index in [1.165, 1.54) is 10.9 Å². The van der Waals surface area contributed by atoms with E-state index in [-0.39, 0.29) is 17.6 Å². The van der Waals surface area contributed by atoms with Crippen molar-refractivity contribution in [3.8, 4) is 5.95 Å². The number of aromatic nitrogens is 4. The molecule has 4 aromatic heterocycles. The van der Waals surface area contributed by atoms with E-state index in [1.807, 2.05) is 26.8 Å². The molecule has 0 saturated heterocycles. The summed E-state index contributed by atoms with van der Waals surface area (Å²) in [6, 6.07) is 10.1. The maximum absolute atomic E-state index is 12.8. The van der Waals surface area contributed by atoms with Crippen LogP contribution in [0.4, 0.5) is 10.8 Å². The van der Waals surface area contributed by atoms with Crippen LogP contribution < -0.4 is 10.6 Å². The average Bonchev–Trinajstić information content (AvgIpc) is 3.42. The van der Waals surface area contributed by atoms with E-state index >= 15 is 0 Å². The topological polar surface area (TPSA) is 115 Å². The molecule has 0 unspecified atom stereocenters. The summed E-state index contributed by atoms with van der Waals surface area (Å²) in [5.41, 5.74) is 2.32. The molecule has 0 radical (unpaired) electrons. The zero-order valence-corrected chi connectivity index (χ0v) is 17.3. The van der Waals surface area contributed by atoms with Crippen molar-refractivity contribution in [3.05, 3.63) is 70.4 Å². The number of carbonyl (C=O) groups is 2. The van der Waals surface area contributed by atoms with E-state index < -0.39 is 0 Å². The maximum Gasteiger partial charge on any atom is 0.291 e. The molecule has 0 spiro atoms. The van der Waals surface area contributed by atoms with Crippen LogP contribution in [0.15, 0.2) is 47.1 Å². The van der Waals surface area contributed by atoms with Gasteiger partial charge in [-0.2, -0.15) is 9.78 Å². The number of nitrogens with one attached hydrogen (secondary N) is 2. The van der Waals surface area contributed by atoms with Gasteiger partial charge in [-0.3, -0.25) is 9.59 Å². The van der Waals surface area contributed by atoms with Crippen molar-refractivity contribution in [2.75, 3.05) is 10.6 Å². The zero-order valence-electron chi connectivity index (χ0n) is 16.5. The first-order valence-corrected chi connectivity index (χ1v) is 9.86. The Labute approximate surface area is 175 Å². The minimum Gasteiger partial charge on any atom is -0.459 e. The first-order valence-electron chi connectivity index (χ1n) is 9.04. The molecule has 2 N–H and O–H groups in total. The number of thiophene rings is 1. The van der Waals surface area contributed by atoms with E-state index in [0.29, 0.717) is 27.3 Å². The van der Waals surface area contributed by atoms with Crippen molar-refractivity contribution in [1.29, 1.82) is 0 Å². The maximum atomic E-state index is 12.8. The van der Waals surface area contributed by atoms with Crippen molar-refractivity contribution < 1.29 is 14.0 Å². The second-order valence-corrected chi connectivity index (χ2v) is 7.67. The molecule has 4 rings (SSSR count). The quantitative estimate of drug-likeness (QED) is 0.506. The molecule has 2 amide bonds. The highest BCUT2D eigenvalue weighted by molar-refractivity contribution is 7.18. The molecule has 0 aliphatic carbocycles. The fraction of sp³-hybridized carbons (Fsp3) is 0.150. The molecule has 9 nitrogen and oxygen atoms in total. The Hall–Kier alpha value is -3.79. The lowest BCUT2D eigenvalue weighted by Crippen LogP contribution is -2.15. The lowest BCUT2D eigenvalue weighted by molar-refractivity contribution is 0.0995. The molecule has 0 bridgehead atoms. The number of furan rings is 1. The van der Waals surface area contributed by atoms with Gasteiger partial charge in [-0.05, 0) is 51.1 Å². The molecular weight excluding hydrogens is 404 g/mol. The van der Waals surface area contributed by atoms with Crippen molar-refractivity contribution in [2.24, 2.45) is 0 Å².